The summed E-state index contributed by atoms with van der Waals surface area (Å²) in [5.74, 6) is 1.51. The number of ether oxygens (including phenoxy) is 1. The maximum Gasteiger partial charge on any atom is 0.150 e. The lowest BCUT2D eigenvalue weighted by molar-refractivity contribution is -0.105. The summed E-state index contributed by atoms with van der Waals surface area (Å²) in [7, 11) is 0. The van der Waals surface area contributed by atoms with Crippen molar-refractivity contribution >= 4 is 12.0 Å². The number of carbonyl (C=O) groups is 1. The predicted molar refractivity (Wildman–Crippen MR) is 70.2 cm³/mol. The Morgan fingerprint density at radius 3 is 2.44 bits per heavy atom. The quantitative estimate of drug-likeness (QED) is 0.748. The molecule has 18 heavy (non-hydrogen) atoms. The van der Waals surface area contributed by atoms with Crippen LogP contribution in [0.1, 0.15) is 11.1 Å². The van der Waals surface area contributed by atoms with Crippen LogP contribution in [0, 0.1) is 0 Å². The lowest BCUT2D eigenvalue weighted by Crippen LogP contribution is -2.10. The van der Waals surface area contributed by atoms with Crippen LogP contribution >= 0.6 is 0 Å². The molecule has 0 fully saturated rings. The average Bonchev–Trinajstić information content (AvgIpc) is 2.46. The molecule has 0 saturated heterocycles. The molecule has 2 aromatic carbocycles. The molecule has 0 bridgehead atoms. The van der Waals surface area contributed by atoms with E-state index in [0.717, 1.165) is 23.2 Å². The minimum atomic E-state index is 0.629. The van der Waals surface area contributed by atoms with Crippen molar-refractivity contribution in [1.29, 1.82) is 0 Å². The van der Waals surface area contributed by atoms with Gasteiger partial charge in [0.2, 0.25) is 0 Å². The molecule has 1 heterocycles. The number of hydrogen-bond acceptors (Lipinski definition) is 2. The summed E-state index contributed by atoms with van der Waals surface area (Å²) in [6, 6.07) is 17.5. The first-order valence-electron chi connectivity index (χ1n) is 5.88. The van der Waals surface area contributed by atoms with E-state index in [0.29, 0.717) is 17.8 Å². The van der Waals surface area contributed by atoms with Crippen molar-refractivity contribution in [3.63, 3.8) is 0 Å². The first-order chi connectivity index (χ1) is 8.88. The van der Waals surface area contributed by atoms with Crippen LogP contribution in [0.4, 0.5) is 0 Å². The van der Waals surface area contributed by atoms with E-state index in [-0.39, 0.29) is 0 Å². The highest BCUT2D eigenvalue weighted by atomic mass is 16.5. The van der Waals surface area contributed by atoms with E-state index in [2.05, 4.69) is 0 Å². The van der Waals surface area contributed by atoms with E-state index in [1.807, 2.05) is 54.6 Å². The molecule has 3 rings (SSSR count). The second-order valence-corrected chi connectivity index (χ2v) is 4.22. The number of fused-ring (bicyclic) bond motifs is 1. The van der Waals surface area contributed by atoms with Crippen LogP contribution < -0.4 is 4.74 Å². The van der Waals surface area contributed by atoms with Crippen LogP contribution in [-0.2, 0) is 11.2 Å². The van der Waals surface area contributed by atoms with Crippen molar-refractivity contribution < 1.29 is 9.53 Å². The molecule has 88 valence electrons. The zero-order valence-electron chi connectivity index (χ0n) is 9.80. The summed E-state index contributed by atoms with van der Waals surface area (Å²) in [4.78, 5) is 11.2. The number of allylic oxidation sites excluding steroid dienone is 1. The van der Waals surface area contributed by atoms with Crippen LogP contribution in [0.5, 0.6) is 5.75 Å². The Balaban J connectivity index is 2.08. The molecule has 0 amide bonds. The standard InChI is InChI=1S/C16H12O2/c17-11-14-10-13-8-4-5-9-15(13)18-16(14)12-6-2-1-3-7-12/h1-9,11H,10H2. The highest BCUT2D eigenvalue weighted by molar-refractivity contribution is 5.88. The number of para-hydroxylation sites is 1. The molecule has 2 aromatic rings. The van der Waals surface area contributed by atoms with Crippen molar-refractivity contribution in [2.45, 2.75) is 6.42 Å². The normalized spacial score (nSPS) is 13.8. The summed E-state index contributed by atoms with van der Waals surface area (Å²) in [6.07, 6.45) is 1.52. The summed E-state index contributed by atoms with van der Waals surface area (Å²) in [5, 5.41) is 0. The van der Waals surface area contributed by atoms with E-state index < -0.39 is 0 Å². The largest absolute Gasteiger partial charge is 0.456 e. The van der Waals surface area contributed by atoms with E-state index in [1.165, 1.54) is 0 Å². The molecular weight excluding hydrogens is 224 g/mol. The third-order valence-electron chi connectivity index (χ3n) is 3.04. The molecule has 0 aromatic heterocycles. The Morgan fingerprint density at radius 1 is 0.944 bits per heavy atom. The molecule has 0 atom stereocenters. The minimum absolute atomic E-state index is 0.629. The van der Waals surface area contributed by atoms with Gasteiger partial charge >= 0.3 is 0 Å². The van der Waals surface area contributed by atoms with Gasteiger partial charge in [-0.15, -0.1) is 0 Å². The second kappa shape index (κ2) is 4.49. The van der Waals surface area contributed by atoms with Gasteiger partial charge in [-0.2, -0.15) is 0 Å². The van der Waals surface area contributed by atoms with Crippen LogP contribution in [0.25, 0.3) is 5.76 Å². The SMILES string of the molecule is O=CC1=C(c2ccccc2)Oc2ccccc2C1. The van der Waals surface area contributed by atoms with Gasteiger partial charge in [0.05, 0.1) is 0 Å². The van der Waals surface area contributed by atoms with E-state index in [1.54, 1.807) is 0 Å². The van der Waals surface area contributed by atoms with Crippen LogP contribution in [0.2, 0.25) is 0 Å². The van der Waals surface area contributed by atoms with Gasteiger partial charge in [-0.3, -0.25) is 4.79 Å². The molecule has 0 aliphatic carbocycles. The zero-order valence-corrected chi connectivity index (χ0v) is 9.80. The Morgan fingerprint density at radius 2 is 1.67 bits per heavy atom. The van der Waals surface area contributed by atoms with Gasteiger partial charge in [-0.25, -0.2) is 0 Å². The molecule has 1 aliphatic rings. The minimum Gasteiger partial charge on any atom is -0.456 e. The molecule has 0 N–H and O–H groups in total. The fourth-order valence-corrected chi connectivity index (χ4v) is 2.14. The van der Waals surface area contributed by atoms with Crippen molar-refractivity contribution in [2.24, 2.45) is 0 Å². The maximum atomic E-state index is 11.2. The van der Waals surface area contributed by atoms with Crippen molar-refractivity contribution in [1.82, 2.24) is 0 Å². The molecular formula is C16H12O2. The second-order valence-electron chi connectivity index (χ2n) is 4.22. The fraction of sp³-hybridized carbons (Fsp3) is 0.0625. The van der Waals surface area contributed by atoms with Gasteiger partial charge in [-0.1, -0.05) is 48.5 Å². The summed E-state index contributed by atoms with van der Waals surface area (Å²) in [5.41, 5.74) is 2.69. The molecule has 1 aliphatic heterocycles. The third kappa shape index (κ3) is 1.82. The topological polar surface area (TPSA) is 26.3 Å². The summed E-state index contributed by atoms with van der Waals surface area (Å²) >= 11 is 0. The Kier molecular flexibility index (Phi) is 2.69. The predicted octanol–water partition coefficient (Wildman–Crippen LogP) is 3.23. The van der Waals surface area contributed by atoms with Crippen molar-refractivity contribution in [2.75, 3.05) is 0 Å². The van der Waals surface area contributed by atoms with E-state index in [4.69, 9.17) is 4.74 Å². The molecule has 0 radical (unpaired) electrons. The molecule has 2 nitrogen and oxygen atoms in total. The molecule has 2 heteroatoms. The van der Waals surface area contributed by atoms with Crippen molar-refractivity contribution in [3.05, 3.63) is 71.3 Å². The third-order valence-corrected chi connectivity index (χ3v) is 3.04. The summed E-state index contributed by atoms with van der Waals surface area (Å²) in [6.45, 7) is 0. The highest BCUT2D eigenvalue weighted by Crippen LogP contribution is 2.33. The summed E-state index contributed by atoms with van der Waals surface area (Å²) < 4.78 is 5.87. The number of benzene rings is 2. The average molecular weight is 236 g/mol. The monoisotopic (exact) mass is 236 g/mol. The van der Waals surface area contributed by atoms with Gasteiger partial charge in [0, 0.05) is 17.6 Å². The molecule has 0 unspecified atom stereocenters. The van der Waals surface area contributed by atoms with E-state index in [9.17, 15) is 4.79 Å². The van der Waals surface area contributed by atoms with Gasteiger partial charge in [0.1, 0.15) is 17.8 Å². The lowest BCUT2D eigenvalue weighted by atomic mass is 9.98. The van der Waals surface area contributed by atoms with Gasteiger partial charge in [0.15, 0.2) is 0 Å². The van der Waals surface area contributed by atoms with Crippen LogP contribution in [0.15, 0.2) is 60.2 Å². The van der Waals surface area contributed by atoms with Crippen LogP contribution in [0.3, 0.4) is 0 Å². The Hall–Kier alpha value is -2.35. The smallest absolute Gasteiger partial charge is 0.150 e. The van der Waals surface area contributed by atoms with Gasteiger partial charge < -0.3 is 4.74 Å². The number of hydrogen-bond donors (Lipinski definition) is 0. The fourth-order valence-electron chi connectivity index (χ4n) is 2.14. The lowest BCUT2D eigenvalue weighted by Gasteiger charge is -2.21. The van der Waals surface area contributed by atoms with Crippen LogP contribution in [-0.4, -0.2) is 6.29 Å². The first-order valence-corrected chi connectivity index (χ1v) is 5.88. The molecule has 0 spiro atoms. The number of rotatable bonds is 2. The highest BCUT2D eigenvalue weighted by Gasteiger charge is 2.19. The zero-order chi connectivity index (χ0) is 12.4. The van der Waals surface area contributed by atoms with E-state index >= 15 is 0 Å². The van der Waals surface area contributed by atoms with Gasteiger partial charge in [-0.05, 0) is 11.6 Å². The Labute approximate surface area is 106 Å². The Bertz CT molecular complexity index is 612. The maximum absolute atomic E-state index is 11.2. The van der Waals surface area contributed by atoms with Crippen molar-refractivity contribution in [3.8, 4) is 5.75 Å². The molecule has 0 saturated carbocycles. The number of aldehydes is 1. The van der Waals surface area contributed by atoms with Gasteiger partial charge in [0.25, 0.3) is 0 Å². The number of carbonyl (C=O) groups excluding carboxylic acids is 1. The first kappa shape index (κ1) is 10.8.